The number of aromatic nitrogens is 2. The fourth-order valence-electron chi connectivity index (χ4n) is 2.46. The van der Waals surface area contributed by atoms with Crippen molar-refractivity contribution in [1.29, 1.82) is 0 Å². The lowest BCUT2D eigenvalue weighted by Crippen LogP contribution is -2.33. The average molecular weight is 292 g/mol. The molecule has 4 N–H and O–H groups in total. The van der Waals surface area contributed by atoms with E-state index in [4.69, 9.17) is 5.84 Å². The summed E-state index contributed by atoms with van der Waals surface area (Å²) in [6.07, 6.45) is 2.48. The molecule has 0 aromatic carbocycles. The molecule has 2 heterocycles. The predicted molar refractivity (Wildman–Crippen MR) is 87.3 cm³/mol. The molecule has 1 aromatic rings. The molecule has 118 valence electrons. The third-order valence-corrected chi connectivity index (χ3v) is 3.95. The van der Waals surface area contributed by atoms with Crippen LogP contribution in [0, 0.1) is 5.92 Å². The molecule has 0 aliphatic carbocycles. The van der Waals surface area contributed by atoms with Gasteiger partial charge in [0.2, 0.25) is 0 Å². The van der Waals surface area contributed by atoms with Gasteiger partial charge in [0.25, 0.3) is 0 Å². The van der Waals surface area contributed by atoms with Crippen molar-refractivity contribution in [2.45, 2.75) is 39.0 Å². The van der Waals surface area contributed by atoms with Crippen LogP contribution < -0.4 is 16.6 Å². The topological polar surface area (TPSA) is 79.1 Å². The summed E-state index contributed by atoms with van der Waals surface area (Å²) in [5, 5.41) is 3.45. The smallest absolute Gasteiger partial charge is 0.145 e. The van der Waals surface area contributed by atoms with E-state index in [-0.39, 0.29) is 5.41 Å². The summed E-state index contributed by atoms with van der Waals surface area (Å²) in [5.74, 6) is 8.52. The van der Waals surface area contributed by atoms with Gasteiger partial charge in [0, 0.05) is 18.0 Å². The normalized spacial score (nSPS) is 17.8. The summed E-state index contributed by atoms with van der Waals surface area (Å²) in [4.78, 5) is 11.4. The Morgan fingerprint density at radius 2 is 1.86 bits per heavy atom. The second-order valence-corrected chi connectivity index (χ2v) is 6.98. The van der Waals surface area contributed by atoms with Gasteiger partial charge in [0.05, 0.1) is 0 Å². The summed E-state index contributed by atoms with van der Waals surface area (Å²) in [7, 11) is 2.18. The highest BCUT2D eigenvalue weighted by Gasteiger charge is 2.20. The molecule has 0 atom stereocenters. The molecule has 6 nitrogen and oxygen atoms in total. The van der Waals surface area contributed by atoms with Gasteiger partial charge in [0.1, 0.15) is 17.5 Å². The zero-order chi connectivity index (χ0) is 15.5. The summed E-state index contributed by atoms with van der Waals surface area (Å²) in [5.41, 5.74) is 2.53. The molecule has 0 radical (unpaired) electrons. The zero-order valence-electron chi connectivity index (χ0n) is 13.6. The fraction of sp³-hybridized carbons (Fsp3) is 0.733. The molecular weight excluding hydrogens is 264 g/mol. The maximum Gasteiger partial charge on any atom is 0.145 e. The maximum atomic E-state index is 5.51. The van der Waals surface area contributed by atoms with Crippen LogP contribution in [0.2, 0.25) is 0 Å². The lowest BCUT2D eigenvalue weighted by atomic mass is 9.95. The number of piperidine rings is 1. The molecule has 0 amide bonds. The molecule has 1 aliphatic heterocycles. The van der Waals surface area contributed by atoms with Crippen molar-refractivity contribution in [3.05, 3.63) is 11.9 Å². The Balaban J connectivity index is 2.02. The molecule has 1 fully saturated rings. The van der Waals surface area contributed by atoms with Gasteiger partial charge in [0.15, 0.2) is 0 Å². The van der Waals surface area contributed by atoms with Crippen molar-refractivity contribution in [1.82, 2.24) is 14.9 Å². The SMILES string of the molecule is CN1CCC(CNc2cc(NN)nc(C(C)(C)C)n2)CC1. The first-order chi connectivity index (χ1) is 9.88. The molecule has 1 aliphatic rings. The summed E-state index contributed by atoms with van der Waals surface area (Å²) < 4.78 is 0. The average Bonchev–Trinajstić information content (AvgIpc) is 2.45. The van der Waals surface area contributed by atoms with E-state index >= 15 is 0 Å². The molecule has 0 spiro atoms. The highest BCUT2D eigenvalue weighted by molar-refractivity contribution is 5.47. The molecule has 6 heteroatoms. The number of hydrogen-bond acceptors (Lipinski definition) is 6. The zero-order valence-corrected chi connectivity index (χ0v) is 13.6. The van der Waals surface area contributed by atoms with Crippen LogP contribution in [-0.4, -0.2) is 41.5 Å². The van der Waals surface area contributed by atoms with Gasteiger partial charge < -0.3 is 15.6 Å². The number of hydrogen-bond donors (Lipinski definition) is 3. The number of hydrazine groups is 1. The summed E-state index contributed by atoms with van der Waals surface area (Å²) in [6.45, 7) is 9.62. The Morgan fingerprint density at radius 3 is 2.43 bits per heavy atom. The van der Waals surface area contributed by atoms with E-state index in [1.807, 2.05) is 6.07 Å². The van der Waals surface area contributed by atoms with Crippen LogP contribution in [0.1, 0.15) is 39.4 Å². The minimum Gasteiger partial charge on any atom is -0.370 e. The highest BCUT2D eigenvalue weighted by atomic mass is 15.3. The Morgan fingerprint density at radius 1 is 1.24 bits per heavy atom. The second kappa shape index (κ2) is 6.58. The number of anilines is 2. The predicted octanol–water partition coefficient (Wildman–Crippen LogP) is 1.81. The first kappa shape index (κ1) is 16.0. The number of nitrogens with zero attached hydrogens (tertiary/aromatic N) is 3. The standard InChI is InChI=1S/C15H28N6/c1-15(2,3)14-18-12(9-13(19-14)20-16)17-10-11-5-7-21(4)8-6-11/h9,11H,5-8,10,16H2,1-4H3,(H2,17,18,19,20). The van der Waals surface area contributed by atoms with E-state index in [9.17, 15) is 0 Å². The molecule has 0 bridgehead atoms. The van der Waals surface area contributed by atoms with Crippen LogP contribution in [0.3, 0.4) is 0 Å². The van der Waals surface area contributed by atoms with Crippen molar-refractivity contribution >= 4 is 11.6 Å². The summed E-state index contributed by atoms with van der Waals surface area (Å²) in [6, 6.07) is 1.87. The molecular formula is C15H28N6. The van der Waals surface area contributed by atoms with E-state index < -0.39 is 0 Å². The van der Waals surface area contributed by atoms with Crippen molar-refractivity contribution in [3.8, 4) is 0 Å². The Labute approximate surface area is 127 Å². The van der Waals surface area contributed by atoms with Crippen molar-refractivity contribution < 1.29 is 0 Å². The summed E-state index contributed by atoms with van der Waals surface area (Å²) >= 11 is 0. The van der Waals surface area contributed by atoms with Gasteiger partial charge in [-0.25, -0.2) is 15.8 Å². The molecule has 2 rings (SSSR count). The third kappa shape index (κ3) is 4.54. The minimum atomic E-state index is -0.100. The van der Waals surface area contributed by atoms with Crippen LogP contribution >= 0.6 is 0 Å². The van der Waals surface area contributed by atoms with E-state index in [1.165, 1.54) is 25.9 Å². The van der Waals surface area contributed by atoms with Gasteiger partial charge in [-0.1, -0.05) is 20.8 Å². The van der Waals surface area contributed by atoms with Gasteiger partial charge in [-0.2, -0.15) is 0 Å². The molecule has 0 unspecified atom stereocenters. The van der Waals surface area contributed by atoms with Crippen molar-refractivity contribution in [2.24, 2.45) is 11.8 Å². The molecule has 1 aromatic heterocycles. The van der Waals surface area contributed by atoms with E-state index in [1.54, 1.807) is 0 Å². The maximum absolute atomic E-state index is 5.51. The molecule has 0 saturated carbocycles. The Hall–Kier alpha value is -1.40. The van der Waals surface area contributed by atoms with Gasteiger partial charge in [-0.3, -0.25) is 0 Å². The van der Waals surface area contributed by atoms with Crippen LogP contribution in [0.15, 0.2) is 6.07 Å². The number of nitrogen functional groups attached to an aromatic ring is 1. The Kier molecular flexibility index (Phi) is 5.00. The van der Waals surface area contributed by atoms with E-state index in [0.717, 1.165) is 18.2 Å². The van der Waals surface area contributed by atoms with E-state index in [0.29, 0.717) is 11.7 Å². The van der Waals surface area contributed by atoms with Crippen LogP contribution in [0.25, 0.3) is 0 Å². The first-order valence-corrected chi connectivity index (χ1v) is 7.67. The largest absolute Gasteiger partial charge is 0.370 e. The van der Waals surface area contributed by atoms with Crippen LogP contribution in [-0.2, 0) is 5.41 Å². The van der Waals surface area contributed by atoms with Crippen LogP contribution in [0.5, 0.6) is 0 Å². The van der Waals surface area contributed by atoms with Crippen molar-refractivity contribution in [2.75, 3.05) is 37.4 Å². The molecule has 21 heavy (non-hydrogen) atoms. The first-order valence-electron chi connectivity index (χ1n) is 7.67. The molecule has 1 saturated heterocycles. The fourth-order valence-corrected chi connectivity index (χ4v) is 2.46. The number of nitrogens with one attached hydrogen (secondary N) is 2. The number of nitrogens with two attached hydrogens (primary N) is 1. The van der Waals surface area contributed by atoms with Crippen molar-refractivity contribution in [3.63, 3.8) is 0 Å². The van der Waals surface area contributed by atoms with Gasteiger partial charge >= 0.3 is 0 Å². The lowest BCUT2D eigenvalue weighted by Gasteiger charge is -2.29. The number of likely N-dealkylation sites (tertiary alicyclic amines) is 1. The second-order valence-electron chi connectivity index (χ2n) is 6.98. The third-order valence-electron chi connectivity index (χ3n) is 3.95. The van der Waals surface area contributed by atoms with Gasteiger partial charge in [-0.05, 0) is 38.9 Å². The minimum absolute atomic E-state index is 0.100. The Bertz CT molecular complexity index is 460. The van der Waals surface area contributed by atoms with E-state index in [2.05, 4.69) is 53.4 Å². The van der Waals surface area contributed by atoms with Crippen LogP contribution in [0.4, 0.5) is 11.6 Å². The monoisotopic (exact) mass is 292 g/mol. The number of rotatable bonds is 4. The lowest BCUT2D eigenvalue weighted by molar-refractivity contribution is 0.226. The highest BCUT2D eigenvalue weighted by Crippen LogP contribution is 2.23. The quantitative estimate of drug-likeness (QED) is 0.580. The van der Waals surface area contributed by atoms with Gasteiger partial charge in [-0.15, -0.1) is 0 Å².